The molecule has 0 bridgehead atoms. The van der Waals surface area contributed by atoms with E-state index in [1.165, 1.54) is 11.1 Å². The molecule has 1 aliphatic heterocycles. The van der Waals surface area contributed by atoms with Gasteiger partial charge in [0.1, 0.15) is 0 Å². The number of carbonyl (C=O) groups excluding carboxylic acids is 1. The summed E-state index contributed by atoms with van der Waals surface area (Å²) < 4.78 is 8.23. The van der Waals surface area contributed by atoms with Gasteiger partial charge in [0.15, 0.2) is 0 Å². The van der Waals surface area contributed by atoms with Gasteiger partial charge in [-0.15, -0.1) is 5.10 Å². The number of aliphatic hydroxyl groups is 1. The SMILES string of the molecule is Cc1ccccc1CN(C)C[C@@H]1OCc2cnnn2CCCC(=O)N([C@H](C)CO)C[C@H]1C. The number of carbonyl (C=O) groups is 1. The molecule has 0 radical (unpaired) electrons. The number of aryl methyl sites for hydroxylation is 2. The van der Waals surface area contributed by atoms with Gasteiger partial charge in [-0.25, -0.2) is 4.68 Å². The van der Waals surface area contributed by atoms with Gasteiger partial charge < -0.3 is 14.7 Å². The van der Waals surface area contributed by atoms with Gasteiger partial charge in [-0.05, 0) is 38.4 Å². The van der Waals surface area contributed by atoms with E-state index < -0.39 is 0 Å². The highest BCUT2D eigenvalue weighted by atomic mass is 16.5. The van der Waals surface area contributed by atoms with Crippen LogP contribution in [-0.4, -0.2) is 74.7 Å². The first-order chi connectivity index (χ1) is 15.4. The molecule has 3 rings (SSSR count). The van der Waals surface area contributed by atoms with Crippen molar-refractivity contribution in [2.24, 2.45) is 5.92 Å². The Hall–Kier alpha value is -2.29. The first kappa shape index (κ1) is 24.4. The van der Waals surface area contributed by atoms with Crippen molar-refractivity contribution in [3.63, 3.8) is 0 Å². The van der Waals surface area contributed by atoms with Gasteiger partial charge in [-0.1, -0.05) is 36.4 Å². The lowest BCUT2D eigenvalue weighted by Gasteiger charge is -2.35. The zero-order chi connectivity index (χ0) is 23.1. The number of rotatable bonds is 6. The average molecular weight is 444 g/mol. The topological polar surface area (TPSA) is 83.7 Å². The van der Waals surface area contributed by atoms with Gasteiger partial charge in [-0.2, -0.15) is 0 Å². The van der Waals surface area contributed by atoms with Crippen LogP contribution in [0.4, 0.5) is 0 Å². The minimum Gasteiger partial charge on any atom is -0.394 e. The quantitative estimate of drug-likeness (QED) is 0.737. The number of nitrogens with zero attached hydrogens (tertiary/aromatic N) is 5. The Morgan fingerprint density at radius 2 is 2.12 bits per heavy atom. The molecule has 0 saturated heterocycles. The van der Waals surface area contributed by atoms with E-state index in [0.29, 0.717) is 32.5 Å². The molecule has 176 valence electrons. The Kier molecular flexibility index (Phi) is 8.78. The second-order valence-corrected chi connectivity index (χ2v) is 9.08. The van der Waals surface area contributed by atoms with Crippen LogP contribution in [0.3, 0.4) is 0 Å². The summed E-state index contributed by atoms with van der Waals surface area (Å²) in [5, 5.41) is 17.9. The summed E-state index contributed by atoms with van der Waals surface area (Å²) in [5.41, 5.74) is 3.50. The van der Waals surface area contributed by atoms with Gasteiger partial charge in [0.25, 0.3) is 0 Å². The van der Waals surface area contributed by atoms with Crippen LogP contribution in [0, 0.1) is 12.8 Å². The molecule has 0 unspecified atom stereocenters. The van der Waals surface area contributed by atoms with Crippen LogP contribution in [0.5, 0.6) is 0 Å². The monoisotopic (exact) mass is 443 g/mol. The van der Waals surface area contributed by atoms with Crippen LogP contribution >= 0.6 is 0 Å². The molecule has 1 aromatic carbocycles. The third-order valence-electron chi connectivity index (χ3n) is 6.33. The van der Waals surface area contributed by atoms with E-state index in [-0.39, 0.29) is 30.6 Å². The summed E-state index contributed by atoms with van der Waals surface area (Å²) in [4.78, 5) is 17.0. The second-order valence-electron chi connectivity index (χ2n) is 9.08. The summed E-state index contributed by atoms with van der Waals surface area (Å²) in [6.07, 6.45) is 2.76. The molecule has 8 heteroatoms. The molecule has 1 aromatic heterocycles. The third-order valence-corrected chi connectivity index (χ3v) is 6.33. The van der Waals surface area contributed by atoms with Crippen molar-refractivity contribution in [3.05, 3.63) is 47.3 Å². The number of ether oxygens (including phenoxy) is 1. The smallest absolute Gasteiger partial charge is 0.222 e. The molecule has 0 saturated carbocycles. The Labute approximate surface area is 191 Å². The number of benzene rings is 1. The van der Waals surface area contributed by atoms with Crippen molar-refractivity contribution in [1.82, 2.24) is 24.8 Å². The molecule has 2 aromatic rings. The largest absolute Gasteiger partial charge is 0.394 e. The zero-order valence-corrected chi connectivity index (χ0v) is 19.8. The maximum absolute atomic E-state index is 13.0. The number of likely N-dealkylation sites (N-methyl/N-ethyl adjacent to an activating group) is 1. The molecule has 1 aliphatic rings. The number of hydrogen-bond donors (Lipinski definition) is 1. The van der Waals surface area contributed by atoms with Crippen molar-refractivity contribution in [2.75, 3.05) is 26.7 Å². The normalized spacial score (nSPS) is 21.7. The number of amides is 1. The molecule has 0 fully saturated rings. The fourth-order valence-electron chi connectivity index (χ4n) is 4.20. The zero-order valence-electron chi connectivity index (χ0n) is 19.8. The predicted molar refractivity (Wildman–Crippen MR) is 123 cm³/mol. The van der Waals surface area contributed by atoms with Crippen molar-refractivity contribution in [3.8, 4) is 0 Å². The first-order valence-corrected chi connectivity index (χ1v) is 11.5. The number of aliphatic hydroxyl groups excluding tert-OH is 1. The van der Waals surface area contributed by atoms with E-state index in [1.54, 1.807) is 6.20 Å². The number of aromatic nitrogens is 3. The van der Waals surface area contributed by atoms with Gasteiger partial charge in [-0.3, -0.25) is 9.69 Å². The molecule has 1 N–H and O–H groups in total. The highest BCUT2D eigenvalue weighted by Gasteiger charge is 2.28. The molecule has 0 aliphatic carbocycles. The van der Waals surface area contributed by atoms with Crippen LogP contribution in [0.2, 0.25) is 0 Å². The molecular formula is C24H37N5O3. The summed E-state index contributed by atoms with van der Waals surface area (Å²) in [6.45, 7) is 9.27. The second kappa shape index (κ2) is 11.5. The average Bonchev–Trinajstić information content (AvgIpc) is 3.22. The summed E-state index contributed by atoms with van der Waals surface area (Å²) in [7, 11) is 2.10. The van der Waals surface area contributed by atoms with Gasteiger partial charge in [0.05, 0.1) is 37.3 Å². The molecule has 3 atom stereocenters. The Balaban J connectivity index is 1.78. The van der Waals surface area contributed by atoms with E-state index in [9.17, 15) is 9.90 Å². The summed E-state index contributed by atoms with van der Waals surface area (Å²) in [6, 6.07) is 8.19. The molecule has 2 heterocycles. The summed E-state index contributed by atoms with van der Waals surface area (Å²) in [5.74, 6) is 0.156. The van der Waals surface area contributed by atoms with Gasteiger partial charge in [0.2, 0.25) is 5.91 Å². The van der Waals surface area contributed by atoms with Crippen LogP contribution < -0.4 is 0 Å². The molecule has 8 nitrogen and oxygen atoms in total. The fourth-order valence-corrected chi connectivity index (χ4v) is 4.20. The number of hydrogen-bond acceptors (Lipinski definition) is 6. The van der Waals surface area contributed by atoms with Crippen molar-refractivity contribution in [1.29, 1.82) is 0 Å². The van der Waals surface area contributed by atoms with E-state index in [1.807, 2.05) is 16.5 Å². The predicted octanol–water partition coefficient (Wildman–Crippen LogP) is 2.24. The molecule has 32 heavy (non-hydrogen) atoms. The minimum absolute atomic E-state index is 0.0512. The maximum atomic E-state index is 13.0. The third kappa shape index (κ3) is 6.37. The molecule has 1 amide bonds. The van der Waals surface area contributed by atoms with E-state index in [0.717, 1.165) is 18.8 Å². The van der Waals surface area contributed by atoms with Gasteiger partial charge in [0, 0.05) is 38.5 Å². The first-order valence-electron chi connectivity index (χ1n) is 11.5. The highest BCUT2D eigenvalue weighted by molar-refractivity contribution is 5.76. The Morgan fingerprint density at radius 1 is 1.34 bits per heavy atom. The van der Waals surface area contributed by atoms with Crippen LogP contribution in [0.25, 0.3) is 0 Å². The lowest BCUT2D eigenvalue weighted by Crippen LogP contribution is -2.47. The van der Waals surface area contributed by atoms with E-state index in [4.69, 9.17) is 4.74 Å². The van der Waals surface area contributed by atoms with Crippen molar-refractivity contribution >= 4 is 5.91 Å². The van der Waals surface area contributed by atoms with Crippen LogP contribution in [0.15, 0.2) is 30.5 Å². The van der Waals surface area contributed by atoms with Crippen LogP contribution in [-0.2, 0) is 29.2 Å². The Morgan fingerprint density at radius 3 is 2.88 bits per heavy atom. The van der Waals surface area contributed by atoms with E-state index >= 15 is 0 Å². The lowest BCUT2D eigenvalue weighted by molar-refractivity contribution is -0.136. The minimum atomic E-state index is -0.222. The van der Waals surface area contributed by atoms with E-state index in [2.05, 4.69) is 60.4 Å². The lowest BCUT2D eigenvalue weighted by atomic mass is 10.0. The van der Waals surface area contributed by atoms with Crippen molar-refractivity contribution in [2.45, 2.75) is 65.5 Å². The number of fused-ring (bicyclic) bond motifs is 1. The Bertz CT molecular complexity index is 871. The molecular weight excluding hydrogens is 406 g/mol. The van der Waals surface area contributed by atoms with Gasteiger partial charge >= 0.3 is 0 Å². The maximum Gasteiger partial charge on any atom is 0.222 e. The van der Waals surface area contributed by atoms with Crippen LogP contribution in [0.1, 0.15) is 43.5 Å². The molecule has 0 spiro atoms. The summed E-state index contributed by atoms with van der Waals surface area (Å²) >= 11 is 0. The standard InChI is InChI=1S/C24H37N5O3/c1-18-8-5-6-9-21(18)14-27(4)15-23-19(2)13-28(20(3)16-30)24(31)10-7-11-29-22(17-32-23)12-25-26-29/h5-6,8-9,12,19-20,23,30H,7,10-11,13-17H2,1-4H3/t19-,20-,23+/m1/s1. The highest BCUT2D eigenvalue weighted by Crippen LogP contribution is 2.19. The fraction of sp³-hybridized carbons (Fsp3) is 0.625. The van der Waals surface area contributed by atoms with Crippen molar-refractivity contribution < 1.29 is 14.6 Å².